The van der Waals surface area contributed by atoms with Crippen LogP contribution in [0.25, 0.3) is 6.08 Å². The number of hydrogen-bond donors (Lipinski definition) is 1. The van der Waals surface area contributed by atoms with Gasteiger partial charge in [-0.15, -0.1) is 0 Å². The molecule has 0 heterocycles. The molecule has 1 amide bonds. The van der Waals surface area contributed by atoms with Crippen molar-refractivity contribution in [3.8, 4) is 17.6 Å². The van der Waals surface area contributed by atoms with E-state index in [9.17, 15) is 10.1 Å². The van der Waals surface area contributed by atoms with Gasteiger partial charge in [0.1, 0.15) is 18.2 Å². The molecule has 0 bridgehead atoms. The number of amides is 1. The van der Waals surface area contributed by atoms with Crippen LogP contribution in [0.2, 0.25) is 0 Å². The van der Waals surface area contributed by atoms with Crippen molar-refractivity contribution in [1.29, 1.82) is 5.26 Å². The zero-order valence-electron chi connectivity index (χ0n) is 14.6. The molecule has 26 heavy (non-hydrogen) atoms. The first-order valence-corrected chi connectivity index (χ1v) is 8.16. The summed E-state index contributed by atoms with van der Waals surface area (Å²) >= 11 is 0. The van der Waals surface area contributed by atoms with Crippen LogP contribution in [-0.2, 0) is 4.79 Å². The number of nitriles is 1. The second kappa shape index (κ2) is 9.70. The summed E-state index contributed by atoms with van der Waals surface area (Å²) < 4.78 is 11.1. The van der Waals surface area contributed by atoms with Crippen LogP contribution >= 0.6 is 0 Å². The third-order valence-electron chi connectivity index (χ3n) is 3.33. The number of anilines is 1. The third kappa shape index (κ3) is 5.25. The zero-order chi connectivity index (χ0) is 18.8. The summed E-state index contributed by atoms with van der Waals surface area (Å²) in [7, 11) is 0. The first kappa shape index (κ1) is 18.8. The van der Waals surface area contributed by atoms with Crippen LogP contribution in [0, 0.1) is 11.3 Å². The molecule has 2 aromatic rings. The molecule has 0 radical (unpaired) electrons. The van der Waals surface area contributed by atoms with Crippen molar-refractivity contribution in [3.05, 3.63) is 72.3 Å². The van der Waals surface area contributed by atoms with Gasteiger partial charge in [-0.2, -0.15) is 5.26 Å². The van der Waals surface area contributed by atoms with Gasteiger partial charge in [0.15, 0.2) is 11.5 Å². The van der Waals surface area contributed by atoms with E-state index in [0.29, 0.717) is 36.0 Å². The molecule has 0 saturated heterocycles. The molecule has 5 heteroatoms. The monoisotopic (exact) mass is 348 g/mol. The van der Waals surface area contributed by atoms with Gasteiger partial charge in [-0.05, 0) is 42.8 Å². The van der Waals surface area contributed by atoms with Gasteiger partial charge in [-0.25, -0.2) is 0 Å². The summed E-state index contributed by atoms with van der Waals surface area (Å²) in [6.45, 7) is 6.32. The topological polar surface area (TPSA) is 71.3 Å². The minimum atomic E-state index is -0.469. The molecule has 0 aromatic heterocycles. The average Bonchev–Trinajstić information content (AvgIpc) is 2.66. The Morgan fingerprint density at radius 3 is 2.62 bits per heavy atom. The van der Waals surface area contributed by atoms with Crippen LogP contribution in [0.15, 0.2) is 66.8 Å². The quantitative estimate of drug-likeness (QED) is 0.441. The lowest BCUT2D eigenvalue weighted by atomic mass is 10.1. The van der Waals surface area contributed by atoms with Crippen LogP contribution in [0.4, 0.5) is 5.69 Å². The summed E-state index contributed by atoms with van der Waals surface area (Å²) in [5.74, 6) is 0.656. The molecular weight excluding hydrogens is 328 g/mol. The minimum absolute atomic E-state index is 0.00365. The molecule has 2 aromatic carbocycles. The van der Waals surface area contributed by atoms with Gasteiger partial charge in [0.25, 0.3) is 5.91 Å². The van der Waals surface area contributed by atoms with E-state index in [1.807, 2.05) is 31.2 Å². The van der Waals surface area contributed by atoms with Crippen molar-refractivity contribution in [2.45, 2.75) is 6.92 Å². The van der Waals surface area contributed by atoms with Crippen molar-refractivity contribution in [2.24, 2.45) is 0 Å². The molecule has 0 atom stereocenters. The average molecular weight is 348 g/mol. The van der Waals surface area contributed by atoms with E-state index in [4.69, 9.17) is 9.47 Å². The first-order valence-electron chi connectivity index (χ1n) is 8.16. The van der Waals surface area contributed by atoms with Crippen LogP contribution in [0.1, 0.15) is 12.5 Å². The van der Waals surface area contributed by atoms with Crippen molar-refractivity contribution < 1.29 is 14.3 Å². The molecule has 0 fully saturated rings. The van der Waals surface area contributed by atoms with Gasteiger partial charge in [-0.1, -0.05) is 36.9 Å². The van der Waals surface area contributed by atoms with Crippen molar-refractivity contribution in [3.63, 3.8) is 0 Å². The molecular formula is C21H20N2O3. The van der Waals surface area contributed by atoms with Crippen LogP contribution in [0.5, 0.6) is 11.5 Å². The second-order valence-electron chi connectivity index (χ2n) is 5.23. The van der Waals surface area contributed by atoms with Crippen molar-refractivity contribution in [2.75, 3.05) is 18.5 Å². The maximum absolute atomic E-state index is 12.3. The largest absolute Gasteiger partial charge is 0.490 e. The number of benzene rings is 2. The lowest BCUT2D eigenvalue weighted by Gasteiger charge is -2.11. The lowest BCUT2D eigenvalue weighted by molar-refractivity contribution is -0.112. The summed E-state index contributed by atoms with van der Waals surface area (Å²) in [5, 5.41) is 12.0. The molecule has 0 aliphatic heterocycles. The van der Waals surface area contributed by atoms with Gasteiger partial charge >= 0.3 is 0 Å². The Morgan fingerprint density at radius 2 is 1.96 bits per heavy atom. The third-order valence-corrected chi connectivity index (χ3v) is 3.33. The highest BCUT2D eigenvalue weighted by atomic mass is 16.5. The van der Waals surface area contributed by atoms with Gasteiger partial charge < -0.3 is 14.8 Å². The number of rotatable bonds is 8. The normalized spacial score (nSPS) is 10.5. The second-order valence-corrected chi connectivity index (χ2v) is 5.23. The number of carbonyl (C=O) groups excluding carboxylic acids is 1. The number of nitrogens with one attached hydrogen (secondary N) is 1. The first-order chi connectivity index (χ1) is 12.7. The van der Waals surface area contributed by atoms with Crippen molar-refractivity contribution in [1.82, 2.24) is 0 Å². The molecule has 5 nitrogen and oxygen atoms in total. The Balaban J connectivity index is 2.24. The number of nitrogens with zero attached hydrogens (tertiary/aromatic N) is 1. The summed E-state index contributed by atoms with van der Waals surface area (Å²) in [6.07, 6.45) is 3.16. The maximum Gasteiger partial charge on any atom is 0.266 e. The van der Waals surface area contributed by atoms with Crippen LogP contribution in [0.3, 0.4) is 0 Å². The van der Waals surface area contributed by atoms with E-state index < -0.39 is 5.91 Å². The summed E-state index contributed by atoms with van der Waals surface area (Å²) in [6, 6.07) is 16.1. The molecule has 0 aliphatic rings. The number of carbonyl (C=O) groups is 1. The Morgan fingerprint density at radius 1 is 1.19 bits per heavy atom. The molecule has 0 unspecified atom stereocenters. The fraction of sp³-hybridized carbons (Fsp3) is 0.143. The fourth-order valence-electron chi connectivity index (χ4n) is 2.19. The molecule has 1 N–H and O–H groups in total. The van der Waals surface area contributed by atoms with E-state index in [1.54, 1.807) is 36.4 Å². The Bertz CT molecular complexity index is 836. The fourth-order valence-corrected chi connectivity index (χ4v) is 2.19. The maximum atomic E-state index is 12.3. The van der Waals surface area contributed by atoms with E-state index in [1.165, 1.54) is 6.08 Å². The number of hydrogen-bond acceptors (Lipinski definition) is 4. The molecule has 0 aliphatic carbocycles. The Labute approximate surface area is 153 Å². The Hall–Kier alpha value is -3.52. The number of ether oxygens (including phenoxy) is 2. The predicted octanol–water partition coefficient (Wildman–Crippen LogP) is 4.20. The smallest absolute Gasteiger partial charge is 0.266 e. The lowest BCUT2D eigenvalue weighted by Crippen LogP contribution is -2.13. The van der Waals surface area contributed by atoms with E-state index in [2.05, 4.69) is 11.9 Å². The Kier molecular flexibility index (Phi) is 7.02. The minimum Gasteiger partial charge on any atom is -0.490 e. The molecule has 132 valence electrons. The highest BCUT2D eigenvalue weighted by Crippen LogP contribution is 2.29. The van der Waals surface area contributed by atoms with Gasteiger partial charge in [0.05, 0.1) is 6.61 Å². The zero-order valence-corrected chi connectivity index (χ0v) is 14.6. The highest BCUT2D eigenvalue weighted by molar-refractivity contribution is 6.09. The van der Waals surface area contributed by atoms with Gasteiger partial charge in [-0.3, -0.25) is 4.79 Å². The standard InChI is InChI=1S/C21H20N2O3/c1-3-12-26-19-11-10-16(14-20(19)25-4-2)13-17(15-22)21(24)23-18-8-6-5-7-9-18/h3,5-11,13-14H,1,4,12H2,2H3,(H,23,24)/b17-13-. The van der Waals surface area contributed by atoms with Crippen molar-refractivity contribution >= 4 is 17.7 Å². The highest BCUT2D eigenvalue weighted by Gasteiger charge is 2.11. The molecule has 2 rings (SSSR count). The molecule has 0 spiro atoms. The van der Waals surface area contributed by atoms with E-state index >= 15 is 0 Å². The number of para-hydroxylation sites is 1. The summed E-state index contributed by atoms with van der Waals surface area (Å²) in [4.78, 5) is 12.3. The predicted molar refractivity (Wildman–Crippen MR) is 102 cm³/mol. The van der Waals surface area contributed by atoms with Crippen LogP contribution < -0.4 is 14.8 Å². The van der Waals surface area contributed by atoms with Gasteiger partial charge in [0.2, 0.25) is 0 Å². The summed E-state index contributed by atoms with van der Waals surface area (Å²) in [5.41, 5.74) is 1.29. The SMILES string of the molecule is C=CCOc1ccc(/C=C(/C#N)C(=O)Nc2ccccc2)cc1OCC. The van der Waals surface area contributed by atoms with Crippen LogP contribution in [-0.4, -0.2) is 19.1 Å². The molecule has 0 saturated carbocycles. The van der Waals surface area contributed by atoms with Gasteiger partial charge in [0, 0.05) is 5.69 Å². The van der Waals surface area contributed by atoms with E-state index in [-0.39, 0.29) is 5.57 Å². The van der Waals surface area contributed by atoms with E-state index in [0.717, 1.165) is 0 Å².